The lowest BCUT2D eigenvalue weighted by Crippen LogP contribution is -2.28. The highest BCUT2D eigenvalue weighted by Gasteiger charge is 2.39. The van der Waals surface area contributed by atoms with Gasteiger partial charge in [-0.05, 0) is 36.2 Å². The zero-order valence-corrected chi connectivity index (χ0v) is 9.42. The van der Waals surface area contributed by atoms with Crippen LogP contribution in [0.25, 0.3) is 0 Å². The van der Waals surface area contributed by atoms with Crippen LogP contribution >= 0.6 is 24.2 Å². The second kappa shape index (κ2) is 4.87. The van der Waals surface area contributed by atoms with Crippen molar-refractivity contribution in [2.24, 2.45) is 5.41 Å². The minimum absolute atomic E-state index is 0. The number of nitrogens with one attached hydrogen (secondary N) is 1. The molecule has 2 rings (SSSR count). The first kappa shape index (κ1) is 11.6. The van der Waals surface area contributed by atoms with E-state index in [-0.39, 0.29) is 12.4 Å². The number of halogens is 1. The normalized spacial score (nSPS) is 31.6. The van der Waals surface area contributed by atoms with E-state index in [0.29, 0.717) is 18.1 Å². The Morgan fingerprint density at radius 2 is 2.08 bits per heavy atom. The SMILES string of the molecule is Cl.OCC1CC2(CCSCC2)CN1. The maximum atomic E-state index is 9.01. The van der Waals surface area contributed by atoms with Crippen LogP contribution in [-0.2, 0) is 0 Å². The third-order valence-corrected chi connectivity index (χ3v) is 4.20. The fraction of sp³-hybridized carbons (Fsp3) is 1.00. The maximum Gasteiger partial charge on any atom is 0.0584 e. The Morgan fingerprint density at radius 1 is 1.38 bits per heavy atom. The number of hydrogen-bond acceptors (Lipinski definition) is 3. The highest BCUT2D eigenvalue weighted by molar-refractivity contribution is 7.99. The molecule has 0 radical (unpaired) electrons. The van der Waals surface area contributed by atoms with E-state index in [4.69, 9.17) is 5.11 Å². The Bertz CT molecular complexity index is 162. The van der Waals surface area contributed by atoms with Gasteiger partial charge in [-0.2, -0.15) is 11.8 Å². The Morgan fingerprint density at radius 3 is 2.62 bits per heavy atom. The van der Waals surface area contributed by atoms with Crippen LogP contribution in [0.4, 0.5) is 0 Å². The second-order valence-corrected chi connectivity index (χ2v) is 5.30. The van der Waals surface area contributed by atoms with Crippen molar-refractivity contribution in [3.63, 3.8) is 0 Å². The first-order valence-electron chi connectivity index (χ1n) is 4.77. The third kappa shape index (κ3) is 2.52. The number of aliphatic hydroxyl groups excluding tert-OH is 1. The molecule has 4 heteroatoms. The molecule has 1 unspecified atom stereocenters. The van der Waals surface area contributed by atoms with Crippen LogP contribution in [0.15, 0.2) is 0 Å². The molecule has 2 aliphatic heterocycles. The molecule has 0 aliphatic carbocycles. The van der Waals surface area contributed by atoms with Gasteiger partial charge >= 0.3 is 0 Å². The Labute approximate surface area is 90.3 Å². The van der Waals surface area contributed by atoms with Crippen molar-refractivity contribution in [2.75, 3.05) is 24.7 Å². The van der Waals surface area contributed by atoms with Crippen LogP contribution < -0.4 is 5.32 Å². The molecule has 2 N–H and O–H groups in total. The van der Waals surface area contributed by atoms with Crippen LogP contribution in [0.3, 0.4) is 0 Å². The first-order valence-corrected chi connectivity index (χ1v) is 5.92. The fourth-order valence-electron chi connectivity index (χ4n) is 2.34. The van der Waals surface area contributed by atoms with E-state index in [9.17, 15) is 0 Å². The van der Waals surface area contributed by atoms with E-state index in [0.717, 1.165) is 6.54 Å². The van der Waals surface area contributed by atoms with Crippen LogP contribution in [0.2, 0.25) is 0 Å². The van der Waals surface area contributed by atoms with Gasteiger partial charge < -0.3 is 10.4 Å². The van der Waals surface area contributed by atoms with E-state index in [1.165, 1.54) is 30.8 Å². The fourth-order valence-corrected chi connectivity index (χ4v) is 3.70. The summed E-state index contributed by atoms with van der Waals surface area (Å²) in [6.07, 6.45) is 3.90. The van der Waals surface area contributed by atoms with Gasteiger partial charge in [-0.15, -0.1) is 12.4 Å². The molecule has 0 amide bonds. The monoisotopic (exact) mass is 223 g/mol. The van der Waals surface area contributed by atoms with Crippen molar-refractivity contribution in [3.8, 4) is 0 Å². The Kier molecular flexibility index (Phi) is 4.36. The molecule has 0 aromatic heterocycles. The summed E-state index contributed by atoms with van der Waals surface area (Å²) in [5.74, 6) is 2.64. The van der Waals surface area contributed by atoms with Crippen molar-refractivity contribution in [1.29, 1.82) is 0 Å². The standard InChI is InChI=1S/C9H17NOS.ClH/c11-6-8-5-9(7-10-8)1-3-12-4-2-9;/h8,10-11H,1-7H2;1H. The summed E-state index contributed by atoms with van der Waals surface area (Å²) in [6, 6.07) is 0.382. The summed E-state index contributed by atoms with van der Waals surface area (Å²) >= 11 is 2.07. The zero-order valence-electron chi connectivity index (χ0n) is 7.79. The number of aliphatic hydroxyl groups is 1. The van der Waals surface area contributed by atoms with Crippen LogP contribution in [0.5, 0.6) is 0 Å². The van der Waals surface area contributed by atoms with Crippen molar-refractivity contribution in [3.05, 3.63) is 0 Å². The van der Waals surface area contributed by atoms with E-state index in [1.807, 2.05) is 0 Å². The molecule has 2 saturated heterocycles. The summed E-state index contributed by atoms with van der Waals surface area (Å²) in [5.41, 5.74) is 0.554. The third-order valence-electron chi connectivity index (χ3n) is 3.22. The molecule has 2 nitrogen and oxygen atoms in total. The molecule has 78 valence electrons. The van der Waals surface area contributed by atoms with Gasteiger partial charge in [0.25, 0.3) is 0 Å². The average molecular weight is 224 g/mol. The lowest BCUT2D eigenvalue weighted by molar-refractivity contribution is 0.233. The van der Waals surface area contributed by atoms with Gasteiger partial charge in [0.15, 0.2) is 0 Å². The molecule has 1 atom stereocenters. The Balaban J connectivity index is 0.000000845. The summed E-state index contributed by atoms with van der Waals surface area (Å²) in [7, 11) is 0. The minimum atomic E-state index is 0. The molecule has 0 aromatic carbocycles. The topological polar surface area (TPSA) is 32.3 Å². The predicted octanol–water partition coefficient (Wildman–Crippen LogP) is 1.28. The van der Waals surface area contributed by atoms with Gasteiger partial charge in [-0.3, -0.25) is 0 Å². The van der Waals surface area contributed by atoms with Gasteiger partial charge in [-0.1, -0.05) is 0 Å². The van der Waals surface area contributed by atoms with E-state index in [2.05, 4.69) is 17.1 Å². The highest BCUT2D eigenvalue weighted by Crippen LogP contribution is 2.41. The maximum absolute atomic E-state index is 9.01. The molecular formula is C9H18ClNOS. The van der Waals surface area contributed by atoms with Crippen LogP contribution in [-0.4, -0.2) is 35.8 Å². The molecule has 0 aromatic rings. The molecule has 2 aliphatic rings. The van der Waals surface area contributed by atoms with Gasteiger partial charge in [-0.25, -0.2) is 0 Å². The summed E-state index contributed by atoms with van der Waals surface area (Å²) in [4.78, 5) is 0. The largest absolute Gasteiger partial charge is 0.395 e. The number of thioether (sulfide) groups is 1. The lowest BCUT2D eigenvalue weighted by Gasteiger charge is -2.32. The molecule has 1 spiro atoms. The average Bonchev–Trinajstić information content (AvgIpc) is 2.50. The van der Waals surface area contributed by atoms with E-state index < -0.39 is 0 Å². The quantitative estimate of drug-likeness (QED) is 0.703. The molecule has 0 saturated carbocycles. The smallest absolute Gasteiger partial charge is 0.0584 e. The second-order valence-electron chi connectivity index (χ2n) is 4.08. The number of hydrogen-bond donors (Lipinski definition) is 2. The molecular weight excluding hydrogens is 206 g/mol. The van der Waals surface area contributed by atoms with Gasteiger partial charge in [0.05, 0.1) is 6.61 Å². The van der Waals surface area contributed by atoms with Gasteiger partial charge in [0.1, 0.15) is 0 Å². The number of rotatable bonds is 1. The first-order chi connectivity index (χ1) is 5.85. The predicted molar refractivity (Wildman–Crippen MR) is 59.7 cm³/mol. The van der Waals surface area contributed by atoms with Crippen molar-refractivity contribution < 1.29 is 5.11 Å². The molecule has 2 heterocycles. The molecule has 13 heavy (non-hydrogen) atoms. The summed E-state index contributed by atoms with van der Waals surface area (Å²) in [6.45, 7) is 1.45. The van der Waals surface area contributed by atoms with Crippen molar-refractivity contribution in [1.82, 2.24) is 5.32 Å². The van der Waals surface area contributed by atoms with E-state index >= 15 is 0 Å². The van der Waals surface area contributed by atoms with Gasteiger partial charge in [0.2, 0.25) is 0 Å². The molecule has 0 bridgehead atoms. The van der Waals surface area contributed by atoms with Crippen molar-refractivity contribution >= 4 is 24.2 Å². The lowest BCUT2D eigenvalue weighted by atomic mass is 9.80. The van der Waals surface area contributed by atoms with Gasteiger partial charge in [0, 0.05) is 12.6 Å². The van der Waals surface area contributed by atoms with Crippen LogP contribution in [0.1, 0.15) is 19.3 Å². The Hall–Kier alpha value is 0.560. The highest BCUT2D eigenvalue weighted by atomic mass is 35.5. The van der Waals surface area contributed by atoms with Crippen LogP contribution in [0, 0.1) is 5.41 Å². The van der Waals surface area contributed by atoms with E-state index in [1.54, 1.807) is 0 Å². The summed E-state index contributed by atoms with van der Waals surface area (Å²) < 4.78 is 0. The van der Waals surface area contributed by atoms with Crippen molar-refractivity contribution in [2.45, 2.75) is 25.3 Å². The molecule has 2 fully saturated rings. The summed E-state index contributed by atoms with van der Waals surface area (Å²) in [5, 5.41) is 12.4. The zero-order chi connectivity index (χ0) is 8.44. The minimum Gasteiger partial charge on any atom is -0.395 e.